The molecule has 0 radical (unpaired) electrons. The van der Waals surface area contributed by atoms with Crippen molar-refractivity contribution in [2.24, 2.45) is 0 Å². The lowest BCUT2D eigenvalue weighted by Gasteiger charge is -2.40. The number of carbonyl (C=O) groups is 4. The van der Waals surface area contributed by atoms with E-state index in [4.69, 9.17) is 23.7 Å². The minimum atomic E-state index is -1.92. The summed E-state index contributed by atoms with van der Waals surface area (Å²) in [5.41, 5.74) is 0. The summed E-state index contributed by atoms with van der Waals surface area (Å²) in [7, 11) is 0. The minimum absolute atomic E-state index is 0.0197. The van der Waals surface area contributed by atoms with Gasteiger partial charge in [-0.15, -0.1) is 0 Å². The molecule has 6 unspecified atom stereocenters. The number of aliphatic carboxylic acids is 1. The van der Waals surface area contributed by atoms with Crippen molar-refractivity contribution in [1.29, 1.82) is 0 Å². The van der Waals surface area contributed by atoms with Crippen LogP contribution in [0.4, 0.5) is 0 Å². The summed E-state index contributed by atoms with van der Waals surface area (Å²) >= 11 is 0. The fourth-order valence-corrected chi connectivity index (χ4v) is 9.04. The average Bonchev–Trinajstić information content (AvgIpc) is 3.42. The molecule has 12 heteroatoms. The quantitative estimate of drug-likeness (QED) is 0.0228. The molecule has 1 saturated heterocycles. The molecule has 1 aliphatic rings. The van der Waals surface area contributed by atoms with Gasteiger partial charge in [0.2, 0.25) is 0 Å². The Labute approximate surface area is 468 Å². The van der Waals surface area contributed by atoms with E-state index in [0.717, 1.165) is 109 Å². The van der Waals surface area contributed by atoms with Crippen LogP contribution in [-0.2, 0) is 42.9 Å². The van der Waals surface area contributed by atoms with Gasteiger partial charge in [-0.1, -0.05) is 229 Å². The van der Waals surface area contributed by atoms with Gasteiger partial charge in [-0.2, -0.15) is 0 Å². The zero-order valence-corrected chi connectivity index (χ0v) is 48.7. The van der Waals surface area contributed by atoms with Crippen LogP contribution in [0.3, 0.4) is 0 Å². The van der Waals surface area contributed by atoms with E-state index in [1.165, 1.54) is 96.3 Å². The predicted molar refractivity (Wildman–Crippen MR) is 312 cm³/mol. The van der Waals surface area contributed by atoms with Gasteiger partial charge in [0, 0.05) is 19.3 Å². The largest absolute Gasteiger partial charge is 0.479 e. The van der Waals surface area contributed by atoms with E-state index < -0.39 is 67.3 Å². The lowest BCUT2D eigenvalue weighted by atomic mass is 9.98. The summed E-state index contributed by atoms with van der Waals surface area (Å²) in [5.74, 6) is -3.16. The number of unbranched alkanes of at least 4 members (excludes halogenated alkanes) is 26. The van der Waals surface area contributed by atoms with Crippen molar-refractivity contribution < 1.29 is 58.2 Å². The standard InChI is InChI=1S/C65H110O12/c1-4-7-10-13-16-19-22-25-27-28-29-30-32-35-38-41-44-47-50-53-59(68)76-63-61(70)60(69)62(64(71)72)77-65(63)74-55-56(75-58(67)52-49-46-43-40-37-33-24-21-18-15-12-9-6-3)54-73-57(66)51-48-45-42-39-36-34-31-26-23-20-17-14-11-8-5-2/h7,10,16,19,21,24-25,27,29-30,35,38,56,60-63,65,69-70H,4-6,8-9,11-15,17-18,20,22-23,26,28,31-34,36-37,39-55H2,1-3H3,(H,71,72)/b10-7-,19-16-,24-21-,27-25-,30-29-,38-35-. The molecule has 3 N–H and O–H groups in total. The fraction of sp³-hybridized carbons (Fsp3) is 0.754. The van der Waals surface area contributed by atoms with Gasteiger partial charge in [0.1, 0.15) is 18.8 Å². The molecular weight excluding hydrogens is 973 g/mol. The monoisotopic (exact) mass is 1080 g/mol. The molecule has 0 aromatic carbocycles. The Kier molecular flexibility index (Phi) is 48.8. The highest BCUT2D eigenvalue weighted by Crippen LogP contribution is 2.26. The molecule has 0 saturated carbocycles. The number of rotatable bonds is 52. The first kappa shape index (κ1) is 71.2. The zero-order chi connectivity index (χ0) is 56.1. The van der Waals surface area contributed by atoms with Crippen LogP contribution < -0.4 is 0 Å². The lowest BCUT2D eigenvalue weighted by Crippen LogP contribution is -2.61. The molecule has 6 atom stereocenters. The SMILES string of the molecule is CC/C=C\C/C=C\C/C=C\C/C=C\C/C=C\CCCCCC(=O)OC1C(OCC(COC(=O)CCCCCCCCCCCCCCCCC)OC(=O)CCCCCCC/C=C\CCCCCC)OC(C(=O)O)C(O)C1O. The molecular formula is C65H110O12. The first-order valence-electron chi connectivity index (χ1n) is 30.9. The van der Waals surface area contributed by atoms with Crippen LogP contribution in [0.1, 0.15) is 265 Å². The Morgan fingerprint density at radius 3 is 1.29 bits per heavy atom. The molecule has 1 heterocycles. The van der Waals surface area contributed by atoms with Crippen LogP contribution in [-0.4, -0.2) is 89.2 Å². The highest BCUT2D eigenvalue weighted by Gasteiger charge is 2.50. The second kappa shape index (κ2) is 52.8. The van der Waals surface area contributed by atoms with Crippen LogP contribution in [0.15, 0.2) is 72.9 Å². The number of carboxylic acids is 1. The minimum Gasteiger partial charge on any atom is -0.479 e. The highest BCUT2D eigenvalue weighted by atomic mass is 16.7. The van der Waals surface area contributed by atoms with Gasteiger partial charge in [0.15, 0.2) is 24.6 Å². The Morgan fingerprint density at radius 2 is 0.818 bits per heavy atom. The van der Waals surface area contributed by atoms with Crippen LogP contribution in [0.2, 0.25) is 0 Å². The smallest absolute Gasteiger partial charge is 0.335 e. The van der Waals surface area contributed by atoms with Crippen molar-refractivity contribution in [3.8, 4) is 0 Å². The number of hydrogen-bond acceptors (Lipinski definition) is 11. The van der Waals surface area contributed by atoms with E-state index in [1.807, 2.05) is 0 Å². The molecule has 442 valence electrons. The van der Waals surface area contributed by atoms with Crippen molar-refractivity contribution in [1.82, 2.24) is 0 Å². The third-order valence-electron chi connectivity index (χ3n) is 13.8. The molecule has 1 rings (SSSR count). The third kappa shape index (κ3) is 42.7. The summed E-state index contributed by atoms with van der Waals surface area (Å²) in [6, 6.07) is 0. The third-order valence-corrected chi connectivity index (χ3v) is 13.8. The van der Waals surface area contributed by atoms with Gasteiger partial charge in [0.05, 0.1) is 6.61 Å². The maximum atomic E-state index is 13.1. The number of aliphatic hydroxyl groups excluding tert-OH is 2. The predicted octanol–water partition coefficient (Wildman–Crippen LogP) is 16.1. The van der Waals surface area contributed by atoms with Crippen LogP contribution in [0.25, 0.3) is 0 Å². The lowest BCUT2D eigenvalue weighted by molar-refractivity contribution is -0.301. The molecule has 12 nitrogen and oxygen atoms in total. The van der Waals surface area contributed by atoms with E-state index in [-0.39, 0.29) is 25.9 Å². The van der Waals surface area contributed by atoms with E-state index in [9.17, 15) is 34.5 Å². The molecule has 0 amide bonds. The topological polar surface area (TPSA) is 175 Å². The molecule has 77 heavy (non-hydrogen) atoms. The van der Waals surface area contributed by atoms with E-state index in [2.05, 4.69) is 93.7 Å². The number of allylic oxidation sites excluding steroid dienone is 12. The van der Waals surface area contributed by atoms with Crippen molar-refractivity contribution in [3.05, 3.63) is 72.9 Å². The van der Waals surface area contributed by atoms with Crippen molar-refractivity contribution in [2.75, 3.05) is 13.2 Å². The van der Waals surface area contributed by atoms with Crippen LogP contribution in [0, 0.1) is 0 Å². The number of aliphatic hydroxyl groups is 2. The second-order valence-corrected chi connectivity index (χ2v) is 21.0. The summed E-state index contributed by atoms with van der Waals surface area (Å²) in [6.45, 7) is 5.86. The molecule has 0 bridgehead atoms. The summed E-state index contributed by atoms with van der Waals surface area (Å²) < 4.78 is 28.4. The number of carboxylic acid groups (broad SMARTS) is 1. The number of carbonyl (C=O) groups excluding carboxylic acids is 3. The maximum absolute atomic E-state index is 13.1. The first-order chi connectivity index (χ1) is 37.6. The summed E-state index contributed by atoms with van der Waals surface area (Å²) in [6.07, 6.45) is 54.3. The van der Waals surface area contributed by atoms with Gasteiger partial charge in [0.25, 0.3) is 0 Å². The zero-order valence-electron chi connectivity index (χ0n) is 48.7. The van der Waals surface area contributed by atoms with Gasteiger partial charge in [-0.05, 0) is 89.9 Å². The number of ether oxygens (including phenoxy) is 5. The van der Waals surface area contributed by atoms with E-state index in [1.54, 1.807) is 0 Å². The van der Waals surface area contributed by atoms with Gasteiger partial charge in [-0.3, -0.25) is 14.4 Å². The van der Waals surface area contributed by atoms with Gasteiger partial charge in [-0.25, -0.2) is 4.79 Å². The Bertz CT molecular complexity index is 1620. The molecule has 1 fully saturated rings. The highest BCUT2D eigenvalue weighted by molar-refractivity contribution is 5.74. The van der Waals surface area contributed by atoms with Crippen molar-refractivity contribution in [2.45, 2.75) is 302 Å². The van der Waals surface area contributed by atoms with Crippen molar-refractivity contribution in [3.63, 3.8) is 0 Å². The van der Waals surface area contributed by atoms with E-state index in [0.29, 0.717) is 19.3 Å². The normalized spacial score (nSPS) is 18.5. The molecule has 0 aliphatic carbocycles. The number of hydrogen-bond donors (Lipinski definition) is 3. The fourth-order valence-electron chi connectivity index (χ4n) is 9.04. The molecule has 1 aliphatic heterocycles. The van der Waals surface area contributed by atoms with Crippen molar-refractivity contribution >= 4 is 23.9 Å². The number of esters is 3. The summed E-state index contributed by atoms with van der Waals surface area (Å²) in [4.78, 5) is 51.2. The average molecular weight is 1080 g/mol. The Morgan fingerprint density at radius 1 is 0.442 bits per heavy atom. The van der Waals surface area contributed by atoms with Crippen LogP contribution >= 0.6 is 0 Å². The maximum Gasteiger partial charge on any atom is 0.335 e. The van der Waals surface area contributed by atoms with Crippen LogP contribution in [0.5, 0.6) is 0 Å². The van der Waals surface area contributed by atoms with Gasteiger partial charge < -0.3 is 39.0 Å². The molecule has 0 spiro atoms. The van der Waals surface area contributed by atoms with Gasteiger partial charge >= 0.3 is 23.9 Å². The first-order valence-corrected chi connectivity index (χ1v) is 30.9. The molecule has 0 aromatic rings. The molecule has 0 aromatic heterocycles. The van der Waals surface area contributed by atoms with E-state index >= 15 is 0 Å². The second-order valence-electron chi connectivity index (χ2n) is 21.0. The Hall–Kier alpha value is -3.84. The summed E-state index contributed by atoms with van der Waals surface area (Å²) in [5, 5.41) is 31.5. The Balaban J connectivity index is 2.69.